The van der Waals surface area contributed by atoms with Crippen molar-refractivity contribution in [3.8, 4) is 16.9 Å². The van der Waals surface area contributed by atoms with Gasteiger partial charge in [-0.25, -0.2) is 13.1 Å². The van der Waals surface area contributed by atoms with Crippen LogP contribution >= 0.6 is 0 Å². The summed E-state index contributed by atoms with van der Waals surface area (Å²) < 4.78 is 33.3. The lowest BCUT2D eigenvalue weighted by molar-refractivity contribution is -0.117. The van der Waals surface area contributed by atoms with Crippen LogP contribution in [0, 0.1) is 0 Å². The number of fused-ring (bicyclic) bond motifs is 1. The summed E-state index contributed by atoms with van der Waals surface area (Å²) in [6, 6.07) is 4.56. The predicted octanol–water partition coefficient (Wildman–Crippen LogP) is 2.50. The molecule has 30 heavy (non-hydrogen) atoms. The third-order valence-corrected chi connectivity index (χ3v) is 6.36. The lowest BCUT2D eigenvalue weighted by atomic mass is 9.92. The number of benzene rings is 1. The third-order valence-electron chi connectivity index (χ3n) is 5.63. The maximum atomic E-state index is 12.3. The zero-order valence-electron chi connectivity index (χ0n) is 17.6. The topological polar surface area (TPSA) is 93.5 Å². The van der Waals surface area contributed by atoms with Crippen molar-refractivity contribution in [2.45, 2.75) is 51.6 Å². The zero-order chi connectivity index (χ0) is 21.5. The van der Waals surface area contributed by atoms with Gasteiger partial charge in [-0.3, -0.25) is 9.48 Å². The number of anilines is 1. The van der Waals surface area contributed by atoms with Gasteiger partial charge in [0.1, 0.15) is 12.4 Å². The summed E-state index contributed by atoms with van der Waals surface area (Å²) in [5.74, 6) is 0.707. The second kappa shape index (κ2) is 8.03. The van der Waals surface area contributed by atoms with Gasteiger partial charge in [0.2, 0.25) is 15.9 Å². The Labute approximate surface area is 177 Å². The van der Waals surface area contributed by atoms with E-state index in [0.29, 0.717) is 11.8 Å². The van der Waals surface area contributed by atoms with E-state index in [2.05, 4.69) is 16.7 Å². The Hall–Kier alpha value is -2.39. The highest BCUT2D eigenvalue weighted by Crippen LogP contribution is 2.43. The highest BCUT2D eigenvalue weighted by atomic mass is 32.2. The monoisotopic (exact) mass is 432 g/mol. The van der Waals surface area contributed by atoms with E-state index in [0.717, 1.165) is 54.3 Å². The average Bonchev–Trinajstić information content (AvgIpc) is 3.41. The second-order valence-corrected chi connectivity index (χ2v) is 10.0. The molecule has 1 saturated carbocycles. The number of nitrogens with one attached hydrogen (secondary N) is 1. The molecule has 1 fully saturated rings. The summed E-state index contributed by atoms with van der Waals surface area (Å²) >= 11 is 0. The standard InChI is InChI=1S/C21H28N4O4S/c1-14-4-7-19-20(25(14)15(2)26)9-8-18(16-12-22-24(13-16)17-5-6-17)21(19)29-11-10-23-30(3,27)28/h8-9,12-14,17,23H,4-7,10-11H2,1-3H3. The smallest absolute Gasteiger partial charge is 0.224 e. The van der Waals surface area contributed by atoms with Gasteiger partial charge in [0, 0.05) is 42.4 Å². The minimum Gasteiger partial charge on any atom is -0.491 e. The highest BCUT2D eigenvalue weighted by molar-refractivity contribution is 7.88. The largest absolute Gasteiger partial charge is 0.491 e. The molecule has 1 aliphatic heterocycles. The lowest BCUT2D eigenvalue weighted by Crippen LogP contribution is -2.40. The van der Waals surface area contributed by atoms with E-state index in [1.54, 1.807) is 6.92 Å². The molecule has 1 N–H and O–H groups in total. The number of nitrogens with zero attached hydrogens (tertiary/aromatic N) is 3. The van der Waals surface area contributed by atoms with Gasteiger partial charge in [0.05, 0.1) is 24.2 Å². The van der Waals surface area contributed by atoms with Gasteiger partial charge in [-0.05, 0) is 44.7 Å². The zero-order valence-corrected chi connectivity index (χ0v) is 18.4. The highest BCUT2D eigenvalue weighted by Gasteiger charge is 2.30. The SMILES string of the molecule is CC(=O)N1c2ccc(-c3cnn(C4CC4)c3)c(OCCNS(C)(=O)=O)c2CCC1C. The summed E-state index contributed by atoms with van der Waals surface area (Å²) in [7, 11) is -3.28. The van der Waals surface area contributed by atoms with E-state index in [1.165, 1.54) is 0 Å². The number of aromatic nitrogens is 2. The average molecular weight is 433 g/mol. The molecule has 2 aliphatic rings. The molecular weight excluding hydrogens is 404 g/mol. The van der Waals surface area contributed by atoms with Crippen molar-refractivity contribution in [2.24, 2.45) is 0 Å². The molecule has 1 aliphatic carbocycles. The van der Waals surface area contributed by atoms with Crippen molar-refractivity contribution < 1.29 is 17.9 Å². The molecule has 1 atom stereocenters. The van der Waals surface area contributed by atoms with Crippen molar-refractivity contribution in [3.05, 3.63) is 30.1 Å². The first-order chi connectivity index (χ1) is 14.2. The molecular formula is C21H28N4O4S. The minimum absolute atomic E-state index is 0.00226. The van der Waals surface area contributed by atoms with E-state index in [1.807, 2.05) is 34.1 Å². The van der Waals surface area contributed by atoms with Crippen molar-refractivity contribution in [1.82, 2.24) is 14.5 Å². The van der Waals surface area contributed by atoms with Crippen LogP contribution < -0.4 is 14.4 Å². The van der Waals surface area contributed by atoms with Gasteiger partial charge >= 0.3 is 0 Å². The fourth-order valence-corrected chi connectivity index (χ4v) is 4.53. The molecule has 2 heterocycles. The van der Waals surface area contributed by atoms with E-state index < -0.39 is 10.0 Å². The van der Waals surface area contributed by atoms with Crippen LogP contribution in [0.2, 0.25) is 0 Å². The number of rotatable bonds is 7. The lowest BCUT2D eigenvalue weighted by Gasteiger charge is -2.36. The van der Waals surface area contributed by atoms with Crippen LogP contribution in [0.15, 0.2) is 24.5 Å². The molecule has 1 unspecified atom stereocenters. The number of hydrogen-bond acceptors (Lipinski definition) is 5. The molecule has 162 valence electrons. The molecule has 8 nitrogen and oxygen atoms in total. The maximum absolute atomic E-state index is 12.3. The fourth-order valence-electron chi connectivity index (χ4n) is 4.07. The Kier molecular flexibility index (Phi) is 5.59. The van der Waals surface area contributed by atoms with Gasteiger partial charge in [0.25, 0.3) is 0 Å². The number of hydrogen-bond donors (Lipinski definition) is 1. The molecule has 0 saturated heterocycles. The van der Waals surface area contributed by atoms with Crippen LogP contribution in [-0.2, 0) is 21.2 Å². The second-order valence-electron chi connectivity index (χ2n) is 8.17. The number of amides is 1. The van der Waals surface area contributed by atoms with Crippen LogP contribution in [-0.4, -0.2) is 49.6 Å². The molecule has 1 aromatic heterocycles. The molecule has 0 spiro atoms. The normalized spacial score (nSPS) is 18.9. The van der Waals surface area contributed by atoms with Crippen molar-refractivity contribution >= 4 is 21.6 Å². The molecule has 4 rings (SSSR count). The minimum atomic E-state index is -3.28. The fraction of sp³-hybridized carbons (Fsp3) is 0.524. The van der Waals surface area contributed by atoms with Crippen LogP contribution in [0.1, 0.15) is 44.7 Å². The quantitative estimate of drug-likeness (QED) is 0.679. The molecule has 9 heteroatoms. The van der Waals surface area contributed by atoms with Crippen molar-refractivity contribution in [2.75, 3.05) is 24.3 Å². The number of ether oxygens (including phenoxy) is 1. The Bertz CT molecular complexity index is 1060. The first-order valence-corrected chi connectivity index (χ1v) is 12.2. The third kappa shape index (κ3) is 4.37. The molecule has 1 aromatic carbocycles. The van der Waals surface area contributed by atoms with Gasteiger partial charge in [0.15, 0.2) is 0 Å². The van der Waals surface area contributed by atoms with E-state index >= 15 is 0 Å². The molecule has 0 bridgehead atoms. The van der Waals surface area contributed by atoms with Gasteiger partial charge in [-0.2, -0.15) is 5.10 Å². The first kappa shape index (κ1) is 20.9. The Balaban J connectivity index is 1.70. The molecule has 1 amide bonds. The Morgan fingerprint density at radius 3 is 2.73 bits per heavy atom. The van der Waals surface area contributed by atoms with E-state index in [4.69, 9.17) is 4.74 Å². The summed E-state index contributed by atoms with van der Waals surface area (Å²) in [6.45, 7) is 4.00. The maximum Gasteiger partial charge on any atom is 0.224 e. The predicted molar refractivity (Wildman–Crippen MR) is 115 cm³/mol. The van der Waals surface area contributed by atoms with Gasteiger partial charge in [-0.15, -0.1) is 0 Å². The summed E-state index contributed by atoms with van der Waals surface area (Å²) in [4.78, 5) is 14.1. The molecule has 0 radical (unpaired) electrons. The van der Waals surface area contributed by atoms with Crippen LogP contribution in [0.25, 0.3) is 11.1 Å². The summed E-state index contributed by atoms with van der Waals surface area (Å²) in [5.41, 5.74) is 3.73. The summed E-state index contributed by atoms with van der Waals surface area (Å²) in [6.07, 6.45) is 8.94. The van der Waals surface area contributed by atoms with Crippen LogP contribution in [0.3, 0.4) is 0 Å². The van der Waals surface area contributed by atoms with E-state index in [-0.39, 0.29) is 25.1 Å². The van der Waals surface area contributed by atoms with Crippen molar-refractivity contribution in [3.63, 3.8) is 0 Å². The van der Waals surface area contributed by atoms with Gasteiger partial charge < -0.3 is 9.64 Å². The van der Waals surface area contributed by atoms with Gasteiger partial charge in [-0.1, -0.05) is 0 Å². The molecule has 2 aromatic rings. The number of carbonyl (C=O) groups excluding carboxylic acids is 1. The number of carbonyl (C=O) groups is 1. The Morgan fingerprint density at radius 1 is 1.30 bits per heavy atom. The van der Waals surface area contributed by atoms with Crippen molar-refractivity contribution in [1.29, 1.82) is 0 Å². The summed E-state index contributed by atoms with van der Waals surface area (Å²) in [5, 5.41) is 4.50. The first-order valence-electron chi connectivity index (χ1n) is 10.3. The Morgan fingerprint density at radius 2 is 2.07 bits per heavy atom. The van der Waals surface area contributed by atoms with Crippen LogP contribution in [0.4, 0.5) is 5.69 Å². The van der Waals surface area contributed by atoms with Crippen LogP contribution in [0.5, 0.6) is 5.75 Å². The number of sulfonamides is 1. The van der Waals surface area contributed by atoms with E-state index in [9.17, 15) is 13.2 Å².